The van der Waals surface area contributed by atoms with Crippen molar-refractivity contribution in [2.45, 2.75) is 45.8 Å². The zero-order valence-electron chi connectivity index (χ0n) is 11.4. The van der Waals surface area contributed by atoms with Crippen molar-refractivity contribution in [3.8, 4) is 0 Å². The highest BCUT2D eigenvalue weighted by Gasteiger charge is 2.55. The van der Waals surface area contributed by atoms with Crippen LogP contribution < -0.4 is 5.46 Å². The van der Waals surface area contributed by atoms with E-state index in [1.807, 2.05) is 30.3 Å². The second-order valence-electron chi connectivity index (χ2n) is 5.75. The van der Waals surface area contributed by atoms with Crippen LogP contribution in [0.15, 0.2) is 30.3 Å². The van der Waals surface area contributed by atoms with Gasteiger partial charge in [0, 0.05) is 0 Å². The largest absolute Gasteiger partial charge is 0.494 e. The lowest BCUT2D eigenvalue weighted by molar-refractivity contribution is -0.0435. The normalized spacial score (nSPS) is 27.8. The van der Waals surface area contributed by atoms with Gasteiger partial charge in [0.05, 0.1) is 11.2 Å². The third-order valence-electron chi connectivity index (χ3n) is 4.12. The van der Waals surface area contributed by atoms with Crippen molar-refractivity contribution in [2.24, 2.45) is 5.92 Å². The highest BCUT2D eigenvalue weighted by Crippen LogP contribution is 2.42. The molecule has 1 aliphatic rings. The molecule has 1 aliphatic heterocycles. The molecule has 0 amide bonds. The van der Waals surface area contributed by atoms with Gasteiger partial charge >= 0.3 is 7.12 Å². The molecule has 1 fully saturated rings. The Morgan fingerprint density at radius 2 is 1.59 bits per heavy atom. The van der Waals surface area contributed by atoms with Crippen LogP contribution in [-0.2, 0) is 9.31 Å². The van der Waals surface area contributed by atoms with Crippen molar-refractivity contribution in [3.05, 3.63) is 30.3 Å². The molecule has 0 radical (unpaired) electrons. The van der Waals surface area contributed by atoms with Crippen LogP contribution >= 0.6 is 0 Å². The summed E-state index contributed by atoms with van der Waals surface area (Å²) in [5, 5.41) is 0. The highest BCUT2D eigenvalue weighted by molar-refractivity contribution is 6.62. The standard InChI is InChI=1S/C14H21BO2/c1-11(2)14(5)13(3,4)16-15(17-14)12-9-7-6-8-10-12/h6-11H,1-5H3. The van der Waals surface area contributed by atoms with Gasteiger partial charge in [-0.2, -0.15) is 0 Å². The van der Waals surface area contributed by atoms with Gasteiger partial charge in [0.25, 0.3) is 0 Å². The molecule has 0 spiro atoms. The van der Waals surface area contributed by atoms with E-state index in [-0.39, 0.29) is 18.3 Å². The van der Waals surface area contributed by atoms with Crippen LogP contribution in [0.25, 0.3) is 0 Å². The molecule has 2 rings (SSSR count). The van der Waals surface area contributed by atoms with Gasteiger partial charge in [0.1, 0.15) is 0 Å². The topological polar surface area (TPSA) is 18.5 Å². The Labute approximate surface area is 104 Å². The molecule has 2 nitrogen and oxygen atoms in total. The maximum atomic E-state index is 6.19. The fourth-order valence-electron chi connectivity index (χ4n) is 2.35. The van der Waals surface area contributed by atoms with E-state index in [1.54, 1.807) is 0 Å². The molecular weight excluding hydrogens is 211 g/mol. The van der Waals surface area contributed by atoms with Crippen LogP contribution in [0.3, 0.4) is 0 Å². The van der Waals surface area contributed by atoms with Crippen LogP contribution in [0, 0.1) is 5.92 Å². The summed E-state index contributed by atoms with van der Waals surface area (Å²) in [5.74, 6) is 0.409. The summed E-state index contributed by atoms with van der Waals surface area (Å²) in [6.45, 7) is 10.7. The van der Waals surface area contributed by atoms with E-state index in [4.69, 9.17) is 9.31 Å². The maximum absolute atomic E-state index is 6.19. The summed E-state index contributed by atoms with van der Waals surface area (Å²) in [6, 6.07) is 10.1. The van der Waals surface area contributed by atoms with Gasteiger partial charge < -0.3 is 9.31 Å². The Hall–Kier alpha value is -0.795. The molecule has 0 aliphatic carbocycles. The number of hydrogen-bond donors (Lipinski definition) is 0. The van der Waals surface area contributed by atoms with Crippen molar-refractivity contribution < 1.29 is 9.31 Å². The predicted molar refractivity (Wildman–Crippen MR) is 71.3 cm³/mol. The van der Waals surface area contributed by atoms with Gasteiger partial charge in [0.2, 0.25) is 0 Å². The van der Waals surface area contributed by atoms with Crippen molar-refractivity contribution >= 4 is 12.6 Å². The van der Waals surface area contributed by atoms with Crippen molar-refractivity contribution in [1.29, 1.82) is 0 Å². The van der Waals surface area contributed by atoms with Crippen molar-refractivity contribution in [2.75, 3.05) is 0 Å². The predicted octanol–water partition coefficient (Wildman–Crippen LogP) is 2.62. The van der Waals surface area contributed by atoms with Gasteiger partial charge in [-0.3, -0.25) is 0 Å². The molecular formula is C14H21BO2. The molecule has 1 saturated heterocycles. The van der Waals surface area contributed by atoms with E-state index >= 15 is 0 Å². The van der Waals surface area contributed by atoms with Gasteiger partial charge in [-0.05, 0) is 32.2 Å². The van der Waals surface area contributed by atoms with Crippen LogP contribution in [0.2, 0.25) is 0 Å². The van der Waals surface area contributed by atoms with Gasteiger partial charge in [-0.15, -0.1) is 0 Å². The first-order chi connectivity index (χ1) is 7.87. The molecule has 1 unspecified atom stereocenters. The summed E-state index contributed by atoms with van der Waals surface area (Å²) in [5.41, 5.74) is 0.555. The Bertz CT molecular complexity index is 388. The lowest BCUT2D eigenvalue weighted by Gasteiger charge is -2.39. The monoisotopic (exact) mass is 232 g/mol. The van der Waals surface area contributed by atoms with Crippen LogP contribution in [0.5, 0.6) is 0 Å². The molecule has 1 heterocycles. The fraction of sp³-hybridized carbons (Fsp3) is 0.571. The summed E-state index contributed by atoms with van der Waals surface area (Å²) >= 11 is 0. The molecule has 3 heteroatoms. The van der Waals surface area contributed by atoms with E-state index in [9.17, 15) is 0 Å². The second-order valence-corrected chi connectivity index (χ2v) is 5.75. The van der Waals surface area contributed by atoms with Gasteiger partial charge in [0.15, 0.2) is 0 Å². The Balaban J connectivity index is 2.28. The zero-order chi connectivity index (χ0) is 12.7. The van der Waals surface area contributed by atoms with Crippen LogP contribution in [0.4, 0.5) is 0 Å². The van der Waals surface area contributed by atoms with E-state index in [2.05, 4.69) is 34.6 Å². The maximum Gasteiger partial charge on any atom is 0.494 e. The summed E-state index contributed by atoms with van der Waals surface area (Å²) in [4.78, 5) is 0. The number of benzene rings is 1. The molecule has 0 N–H and O–H groups in total. The van der Waals surface area contributed by atoms with E-state index in [0.717, 1.165) is 5.46 Å². The smallest absolute Gasteiger partial charge is 0.399 e. The van der Waals surface area contributed by atoms with Crippen molar-refractivity contribution in [3.63, 3.8) is 0 Å². The zero-order valence-corrected chi connectivity index (χ0v) is 11.4. The third kappa shape index (κ3) is 2.02. The molecule has 1 atom stereocenters. The lowest BCUT2D eigenvalue weighted by atomic mass is 9.78. The first-order valence-corrected chi connectivity index (χ1v) is 6.27. The quantitative estimate of drug-likeness (QED) is 0.729. The minimum Gasteiger partial charge on any atom is -0.399 e. The van der Waals surface area contributed by atoms with Crippen molar-refractivity contribution in [1.82, 2.24) is 0 Å². The molecule has 0 aromatic heterocycles. The first-order valence-electron chi connectivity index (χ1n) is 6.27. The number of rotatable bonds is 2. The van der Waals surface area contributed by atoms with Crippen LogP contribution in [-0.4, -0.2) is 18.3 Å². The molecule has 0 bridgehead atoms. The summed E-state index contributed by atoms with van der Waals surface area (Å²) in [6.07, 6.45) is 0. The average molecular weight is 232 g/mol. The summed E-state index contributed by atoms with van der Waals surface area (Å²) in [7, 11) is -0.251. The van der Waals surface area contributed by atoms with E-state index in [1.165, 1.54) is 0 Å². The Morgan fingerprint density at radius 1 is 1.00 bits per heavy atom. The van der Waals surface area contributed by atoms with E-state index < -0.39 is 0 Å². The first kappa shape index (κ1) is 12.7. The molecule has 1 aromatic carbocycles. The molecule has 17 heavy (non-hydrogen) atoms. The SMILES string of the molecule is CC(C)C1(C)OB(c2ccccc2)OC1(C)C. The Kier molecular flexibility index (Phi) is 3.09. The molecule has 1 aromatic rings. The molecule has 0 saturated carbocycles. The Morgan fingerprint density at radius 3 is 2.06 bits per heavy atom. The van der Waals surface area contributed by atoms with Crippen LogP contribution in [0.1, 0.15) is 34.6 Å². The molecule has 92 valence electrons. The second kappa shape index (κ2) is 4.15. The fourth-order valence-corrected chi connectivity index (χ4v) is 2.35. The van der Waals surface area contributed by atoms with Gasteiger partial charge in [-0.25, -0.2) is 0 Å². The average Bonchev–Trinajstić information content (AvgIpc) is 2.52. The minimum absolute atomic E-state index is 0.251. The number of hydrogen-bond acceptors (Lipinski definition) is 2. The summed E-state index contributed by atoms with van der Waals surface area (Å²) < 4.78 is 12.3. The minimum atomic E-state index is -0.276. The van der Waals surface area contributed by atoms with Gasteiger partial charge in [-0.1, -0.05) is 44.2 Å². The lowest BCUT2D eigenvalue weighted by Crippen LogP contribution is -2.48. The van der Waals surface area contributed by atoms with E-state index in [0.29, 0.717) is 5.92 Å². The highest BCUT2D eigenvalue weighted by atomic mass is 16.7. The third-order valence-corrected chi connectivity index (χ3v) is 4.12.